The molecule has 1 N–H and O–H groups in total. The molecular weight excluding hydrogens is 216 g/mol. The highest BCUT2D eigenvalue weighted by Gasteiger charge is 2.36. The fourth-order valence-electron chi connectivity index (χ4n) is 2.03. The Morgan fingerprint density at radius 1 is 1.35 bits per heavy atom. The standard InChI is InChI=1S/C14H20O3/c1-5-10-6-8-11(9-7-10)14(2,3)12(17-4)13(15)16/h6-9,12H,5H2,1-4H3,(H,15,16). The van der Waals surface area contributed by atoms with Crippen LogP contribution in [0.25, 0.3) is 0 Å². The van der Waals surface area contributed by atoms with E-state index in [-0.39, 0.29) is 0 Å². The molecule has 1 aromatic carbocycles. The smallest absolute Gasteiger partial charge is 0.333 e. The first kappa shape index (κ1) is 13.7. The maximum Gasteiger partial charge on any atom is 0.333 e. The second-order valence-electron chi connectivity index (χ2n) is 4.73. The minimum absolute atomic E-state index is 0.549. The minimum Gasteiger partial charge on any atom is -0.479 e. The zero-order valence-corrected chi connectivity index (χ0v) is 10.9. The largest absolute Gasteiger partial charge is 0.479 e. The van der Waals surface area contributed by atoms with Gasteiger partial charge in [0.1, 0.15) is 0 Å². The van der Waals surface area contributed by atoms with Crippen molar-refractivity contribution in [3.8, 4) is 0 Å². The maximum atomic E-state index is 11.1. The third-order valence-corrected chi connectivity index (χ3v) is 3.22. The van der Waals surface area contributed by atoms with Gasteiger partial charge in [-0.25, -0.2) is 4.79 Å². The van der Waals surface area contributed by atoms with E-state index in [1.54, 1.807) is 0 Å². The number of hydrogen-bond donors (Lipinski definition) is 1. The Morgan fingerprint density at radius 2 is 1.88 bits per heavy atom. The van der Waals surface area contributed by atoms with E-state index in [2.05, 4.69) is 6.92 Å². The minimum atomic E-state index is -0.933. The van der Waals surface area contributed by atoms with E-state index in [1.165, 1.54) is 12.7 Å². The lowest BCUT2D eigenvalue weighted by Crippen LogP contribution is -2.41. The molecule has 1 aromatic rings. The van der Waals surface area contributed by atoms with Crippen LogP contribution < -0.4 is 0 Å². The Labute approximate surface area is 102 Å². The van der Waals surface area contributed by atoms with Crippen LogP contribution in [0.5, 0.6) is 0 Å². The normalized spacial score (nSPS) is 13.4. The first-order valence-corrected chi connectivity index (χ1v) is 5.78. The van der Waals surface area contributed by atoms with Gasteiger partial charge in [0.15, 0.2) is 6.10 Å². The molecule has 0 bridgehead atoms. The number of carboxylic acid groups (broad SMARTS) is 1. The molecule has 0 radical (unpaired) electrons. The lowest BCUT2D eigenvalue weighted by atomic mass is 9.79. The molecular formula is C14H20O3. The van der Waals surface area contributed by atoms with Crippen LogP contribution in [0.4, 0.5) is 0 Å². The molecule has 0 aromatic heterocycles. The molecule has 0 fully saturated rings. The Balaban J connectivity index is 3.06. The second kappa shape index (κ2) is 5.32. The molecule has 1 rings (SSSR count). The molecule has 3 heteroatoms. The van der Waals surface area contributed by atoms with E-state index >= 15 is 0 Å². The SMILES string of the molecule is CCc1ccc(C(C)(C)C(OC)C(=O)O)cc1. The summed E-state index contributed by atoms with van der Waals surface area (Å²) < 4.78 is 5.09. The van der Waals surface area contributed by atoms with E-state index in [0.29, 0.717) is 0 Å². The molecule has 0 spiro atoms. The topological polar surface area (TPSA) is 46.5 Å². The van der Waals surface area contributed by atoms with Crippen LogP contribution in [-0.4, -0.2) is 24.3 Å². The fourth-order valence-corrected chi connectivity index (χ4v) is 2.03. The second-order valence-corrected chi connectivity index (χ2v) is 4.73. The van der Waals surface area contributed by atoms with Gasteiger partial charge in [0.05, 0.1) is 0 Å². The number of benzene rings is 1. The van der Waals surface area contributed by atoms with Crippen molar-refractivity contribution in [3.63, 3.8) is 0 Å². The van der Waals surface area contributed by atoms with Crippen LogP contribution in [0.3, 0.4) is 0 Å². The molecule has 0 aliphatic heterocycles. The quantitative estimate of drug-likeness (QED) is 0.854. The number of carboxylic acids is 1. The predicted octanol–water partition coefficient (Wildman–Crippen LogP) is 2.63. The van der Waals surface area contributed by atoms with Gasteiger partial charge in [0.25, 0.3) is 0 Å². The molecule has 3 nitrogen and oxygen atoms in total. The summed E-state index contributed by atoms with van der Waals surface area (Å²) in [6.45, 7) is 5.86. The highest BCUT2D eigenvalue weighted by molar-refractivity contribution is 5.74. The average molecular weight is 236 g/mol. The first-order valence-electron chi connectivity index (χ1n) is 5.78. The summed E-state index contributed by atoms with van der Waals surface area (Å²) in [4.78, 5) is 11.1. The van der Waals surface area contributed by atoms with Crippen molar-refractivity contribution in [2.45, 2.75) is 38.7 Å². The van der Waals surface area contributed by atoms with Crippen molar-refractivity contribution < 1.29 is 14.6 Å². The third-order valence-electron chi connectivity index (χ3n) is 3.22. The number of hydrogen-bond acceptors (Lipinski definition) is 2. The molecule has 0 saturated heterocycles. The third kappa shape index (κ3) is 2.86. The Morgan fingerprint density at radius 3 is 2.24 bits per heavy atom. The van der Waals surface area contributed by atoms with Gasteiger partial charge in [-0.3, -0.25) is 0 Å². The summed E-state index contributed by atoms with van der Waals surface area (Å²) >= 11 is 0. The Hall–Kier alpha value is -1.35. The van der Waals surface area contributed by atoms with E-state index < -0.39 is 17.5 Å². The monoisotopic (exact) mass is 236 g/mol. The number of aryl methyl sites for hydroxylation is 1. The summed E-state index contributed by atoms with van der Waals surface area (Å²) in [6.07, 6.45) is 0.142. The van der Waals surface area contributed by atoms with Crippen LogP contribution in [0.1, 0.15) is 31.9 Å². The van der Waals surface area contributed by atoms with Gasteiger partial charge in [-0.05, 0) is 17.5 Å². The summed E-state index contributed by atoms with van der Waals surface area (Å²) in [5.41, 5.74) is 1.67. The van der Waals surface area contributed by atoms with Gasteiger partial charge in [0, 0.05) is 12.5 Å². The molecule has 0 saturated carbocycles. The summed E-state index contributed by atoms with van der Waals surface area (Å²) in [5.74, 6) is -0.933. The van der Waals surface area contributed by atoms with Gasteiger partial charge < -0.3 is 9.84 Å². The zero-order chi connectivity index (χ0) is 13.1. The number of ether oxygens (including phenoxy) is 1. The number of methoxy groups -OCH3 is 1. The van der Waals surface area contributed by atoms with Gasteiger partial charge in [0.2, 0.25) is 0 Å². The molecule has 1 atom stereocenters. The van der Waals surface area contributed by atoms with E-state index in [0.717, 1.165) is 12.0 Å². The van der Waals surface area contributed by atoms with E-state index in [4.69, 9.17) is 9.84 Å². The van der Waals surface area contributed by atoms with Gasteiger partial charge in [-0.1, -0.05) is 45.0 Å². The molecule has 1 unspecified atom stereocenters. The number of rotatable bonds is 5. The highest BCUT2D eigenvalue weighted by Crippen LogP contribution is 2.29. The molecule has 0 aliphatic carbocycles. The zero-order valence-electron chi connectivity index (χ0n) is 10.9. The van der Waals surface area contributed by atoms with Crippen molar-refractivity contribution in [1.29, 1.82) is 0 Å². The van der Waals surface area contributed by atoms with E-state index in [9.17, 15) is 4.79 Å². The molecule has 0 aliphatic rings. The maximum absolute atomic E-state index is 11.1. The van der Waals surface area contributed by atoms with E-state index in [1.807, 2.05) is 38.1 Å². The predicted molar refractivity (Wildman–Crippen MR) is 67.3 cm³/mol. The van der Waals surface area contributed by atoms with Crippen LogP contribution >= 0.6 is 0 Å². The average Bonchev–Trinajstić information content (AvgIpc) is 2.29. The van der Waals surface area contributed by atoms with Gasteiger partial charge in [-0.2, -0.15) is 0 Å². The Kier molecular flexibility index (Phi) is 4.29. The molecule has 94 valence electrons. The van der Waals surface area contributed by atoms with Crippen molar-refractivity contribution in [3.05, 3.63) is 35.4 Å². The van der Waals surface area contributed by atoms with Crippen LogP contribution in [0.2, 0.25) is 0 Å². The molecule has 0 heterocycles. The van der Waals surface area contributed by atoms with Crippen molar-refractivity contribution in [1.82, 2.24) is 0 Å². The lowest BCUT2D eigenvalue weighted by molar-refractivity contribution is -0.152. The summed E-state index contributed by atoms with van der Waals surface area (Å²) in [7, 11) is 1.43. The van der Waals surface area contributed by atoms with Crippen LogP contribution in [0.15, 0.2) is 24.3 Å². The number of carbonyl (C=O) groups is 1. The van der Waals surface area contributed by atoms with Crippen molar-refractivity contribution >= 4 is 5.97 Å². The van der Waals surface area contributed by atoms with Crippen molar-refractivity contribution in [2.24, 2.45) is 0 Å². The summed E-state index contributed by atoms with van der Waals surface area (Å²) in [6, 6.07) is 8.03. The Bertz CT molecular complexity index is 379. The molecule has 17 heavy (non-hydrogen) atoms. The van der Waals surface area contributed by atoms with Crippen LogP contribution in [0, 0.1) is 0 Å². The van der Waals surface area contributed by atoms with Crippen molar-refractivity contribution in [2.75, 3.05) is 7.11 Å². The highest BCUT2D eigenvalue weighted by atomic mass is 16.5. The first-order chi connectivity index (χ1) is 7.93. The van der Waals surface area contributed by atoms with Gasteiger partial charge >= 0.3 is 5.97 Å². The molecule has 0 amide bonds. The summed E-state index contributed by atoms with van der Waals surface area (Å²) in [5, 5.41) is 9.15. The van der Waals surface area contributed by atoms with Gasteiger partial charge in [-0.15, -0.1) is 0 Å². The van der Waals surface area contributed by atoms with Crippen LogP contribution in [-0.2, 0) is 21.4 Å². The number of aliphatic carboxylic acids is 1. The lowest BCUT2D eigenvalue weighted by Gasteiger charge is -2.30. The fraction of sp³-hybridized carbons (Fsp3) is 0.500.